The van der Waals surface area contributed by atoms with Gasteiger partial charge in [-0.05, 0) is 48.1 Å². The van der Waals surface area contributed by atoms with Crippen LogP contribution in [0.25, 0.3) is 0 Å². The van der Waals surface area contributed by atoms with E-state index in [2.05, 4.69) is 37.6 Å². The van der Waals surface area contributed by atoms with Crippen LogP contribution in [0.4, 0.5) is 0 Å². The molecular weight excluding hydrogens is 208 g/mol. The minimum atomic E-state index is 0.238. The number of hydrogen-bond acceptors (Lipinski definition) is 1. The van der Waals surface area contributed by atoms with Gasteiger partial charge in [-0.25, -0.2) is 0 Å². The van der Waals surface area contributed by atoms with E-state index in [1.807, 2.05) is 0 Å². The maximum atomic E-state index is 6.30. The third kappa shape index (κ3) is 2.03. The second-order valence-corrected chi connectivity index (χ2v) is 7.31. The van der Waals surface area contributed by atoms with E-state index in [1.54, 1.807) is 0 Å². The second kappa shape index (κ2) is 3.38. The Kier molecular flexibility index (Phi) is 2.25. The minimum absolute atomic E-state index is 0.238. The van der Waals surface area contributed by atoms with Gasteiger partial charge < -0.3 is 10.3 Å². The lowest BCUT2D eigenvalue weighted by Gasteiger charge is -2.35. The first-order valence-corrected chi connectivity index (χ1v) is 6.82. The molecule has 1 atom stereocenters. The monoisotopic (exact) mass is 232 g/mol. The molecule has 1 heterocycles. The van der Waals surface area contributed by atoms with Gasteiger partial charge in [-0.3, -0.25) is 0 Å². The van der Waals surface area contributed by atoms with Crippen molar-refractivity contribution in [1.82, 2.24) is 4.57 Å². The van der Waals surface area contributed by atoms with E-state index in [9.17, 15) is 0 Å². The van der Waals surface area contributed by atoms with Crippen molar-refractivity contribution in [3.05, 3.63) is 23.5 Å². The standard InChI is InChI=1S/C15H24N2/c1-14(2)8-12(16)11-4-7-17(13(11)9-14)10-15(3)5-6-15/h4,7,12H,5-6,8-10,16H2,1-3H3. The molecule has 0 radical (unpaired) electrons. The molecule has 0 aromatic carbocycles. The zero-order valence-corrected chi connectivity index (χ0v) is 11.3. The fraction of sp³-hybridized carbons (Fsp3) is 0.733. The molecule has 0 spiro atoms. The Balaban J connectivity index is 1.93. The van der Waals surface area contributed by atoms with Crippen molar-refractivity contribution >= 4 is 0 Å². The molecule has 3 rings (SSSR count). The summed E-state index contributed by atoms with van der Waals surface area (Å²) in [4.78, 5) is 0. The highest BCUT2D eigenvalue weighted by molar-refractivity contribution is 5.30. The summed E-state index contributed by atoms with van der Waals surface area (Å²) in [5.41, 5.74) is 10.1. The van der Waals surface area contributed by atoms with Crippen molar-refractivity contribution < 1.29 is 0 Å². The number of fused-ring (bicyclic) bond motifs is 1. The van der Waals surface area contributed by atoms with Crippen LogP contribution in [0, 0.1) is 10.8 Å². The quantitative estimate of drug-likeness (QED) is 0.833. The molecule has 1 aromatic heterocycles. The molecule has 0 amide bonds. The summed E-state index contributed by atoms with van der Waals surface area (Å²) in [5.74, 6) is 0. The predicted octanol–water partition coefficient (Wildman–Crippen LogP) is 3.26. The molecule has 0 saturated heterocycles. The fourth-order valence-corrected chi connectivity index (χ4v) is 3.23. The number of hydrogen-bond donors (Lipinski definition) is 1. The van der Waals surface area contributed by atoms with Gasteiger partial charge in [0.15, 0.2) is 0 Å². The maximum absolute atomic E-state index is 6.30. The van der Waals surface area contributed by atoms with Crippen molar-refractivity contribution in [3.8, 4) is 0 Å². The van der Waals surface area contributed by atoms with Gasteiger partial charge in [-0.15, -0.1) is 0 Å². The third-order valence-corrected chi connectivity index (χ3v) is 4.59. The summed E-state index contributed by atoms with van der Waals surface area (Å²) in [7, 11) is 0. The van der Waals surface area contributed by atoms with Crippen molar-refractivity contribution in [2.45, 2.75) is 59.0 Å². The maximum Gasteiger partial charge on any atom is 0.0318 e. The van der Waals surface area contributed by atoms with Crippen LogP contribution in [0.15, 0.2) is 12.3 Å². The summed E-state index contributed by atoms with van der Waals surface area (Å²) < 4.78 is 2.48. The summed E-state index contributed by atoms with van der Waals surface area (Å²) in [6, 6.07) is 2.49. The molecular formula is C15H24N2. The lowest BCUT2D eigenvalue weighted by molar-refractivity contribution is 0.272. The average Bonchev–Trinajstić information content (AvgIpc) is 2.78. The number of nitrogens with two attached hydrogens (primary N) is 1. The zero-order valence-electron chi connectivity index (χ0n) is 11.3. The lowest BCUT2D eigenvalue weighted by atomic mass is 9.74. The van der Waals surface area contributed by atoms with Crippen molar-refractivity contribution in [1.29, 1.82) is 0 Å². The summed E-state index contributed by atoms with van der Waals surface area (Å²) in [5, 5.41) is 0. The number of rotatable bonds is 2. The van der Waals surface area contributed by atoms with E-state index in [0.717, 1.165) is 6.42 Å². The smallest absolute Gasteiger partial charge is 0.0318 e. The third-order valence-electron chi connectivity index (χ3n) is 4.59. The molecule has 1 fully saturated rings. The Bertz CT molecular complexity index is 438. The van der Waals surface area contributed by atoms with E-state index in [4.69, 9.17) is 5.73 Å². The topological polar surface area (TPSA) is 30.9 Å². The van der Waals surface area contributed by atoms with Crippen LogP contribution in [0.1, 0.15) is 57.3 Å². The van der Waals surface area contributed by atoms with Crippen LogP contribution >= 0.6 is 0 Å². The lowest BCUT2D eigenvalue weighted by Crippen LogP contribution is -2.30. The van der Waals surface area contributed by atoms with Crippen molar-refractivity contribution in [2.75, 3.05) is 0 Å². The molecule has 1 unspecified atom stereocenters. The first-order valence-electron chi connectivity index (χ1n) is 6.82. The van der Waals surface area contributed by atoms with Gasteiger partial charge in [0, 0.05) is 24.5 Å². The predicted molar refractivity (Wildman–Crippen MR) is 70.8 cm³/mol. The summed E-state index contributed by atoms with van der Waals surface area (Å²) in [6.07, 6.45) is 7.32. The van der Waals surface area contributed by atoms with Crippen LogP contribution in [-0.4, -0.2) is 4.57 Å². The molecule has 2 nitrogen and oxygen atoms in total. The molecule has 94 valence electrons. The zero-order chi connectivity index (χ0) is 12.3. The van der Waals surface area contributed by atoms with Gasteiger partial charge in [0.2, 0.25) is 0 Å². The highest BCUT2D eigenvalue weighted by atomic mass is 15.0. The van der Waals surface area contributed by atoms with Crippen LogP contribution in [0.5, 0.6) is 0 Å². The van der Waals surface area contributed by atoms with Gasteiger partial charge in [0.1, 0.15) is 0 Å². The average molecular weight is 232 g/mol. The second-order valence-electron chi connectivity index (χ2n) is 7.31. The van der Waals surface area contributed by atoms with E-state index in [-0.39, 0.29) is 6.04 Å². The molecule has 2 aliphatic rings. The van der Waals surface area contributed by atoms with Crippen LogP contribution in [0.2, 0.25) is 0 Å². The first-order chi connectivity index (χ1) is 7.89. The van der Waals surface area contributed by atoms with Gasteiger partial charge in [-0.2, -0.15) is 0 Å². The largest absolute Gasteiger partial charge is 0.351 e. The summed E-state index contributed by atoms with van der Waals surface area (Å²) in [6.45, 7) is 8.26. The Hall–Kier alpha value is -0.760. The highest BCUT2D eigenvalue weighted by Gasteiger charge is 2.39. The Morgan fingerprint density at radius 1 is 1.35 bits per heavy atom. The van der Waals surface area contributed by atoms with E-state index in [0.29, 0.717) is 10.8 Å². The van der Waals surface area contributed by atoms with Crippen molar-refractivity contribution in [2.24, 2.45) is 16.6 Å². The molecule has 1 aromatic rings. The highest BCUT2D eigenvalue weighted by Crippen LogP contribution is 2.48. The number of nitrogens with zero attached hydrogens (tertiary/aromatic N) is 1. The molecule has 17 heavy (non-hydrogen) atoms. The molecule has 2 heteroatoms. The van der Waals surface area contributed by atoms with Crippen LogP contribution < -0.4 is 5.73 Å². The van der Waals surface area contributed by atoms with Gasteiger partial charge in [0.25, 0.3) is 0 Å². The van der Waals surface area contributed by atoms with E-state index < -0.39 is 0 Å². The molecule has 2 aliphatic carbocycles. The molecule has 2 N–H and O–H groups in total. The van der Waals surface area contributed by atoms with E-state index >= 15 is 0 Å². The summed E-state index contributed by atoms with van der Waals surface area (Å²) >= 11 is 0. The molecule has 0 aliphatic heterocycles. The fourth-order valence-electron chi connectivity index (χ4n) is 3.23. The number of aromatic nitrogens is 1. The Morgan fingerprint density at radius 3 is 2.71 bits per heavy atom. The Morgan fingerprint density at radius 2 is 2.06 bits per heavy atom. The first kappa shape index (κ1) is 11.3. The van der Waals surface area contributed by atoms with Crippen LogP contribution in [-0.2, 0) is 13.0 Å². The van der Waals surface area contributed by atoms with Gasteiger partial charge in [0.05, 0.1) is 0 Å². The molecule has 1 saturated carbocycles. The van der Waals surface area contributed by atoms with Crippen LogP contribution in [0.3, 0.4) is 0 Å². The molecule has 0 bridgehead atoms. The van der Waals surface area contributed by atoms with E-state index in [1.165, 1.54) is 37.1 Å². The van der Waals surface area contributed by atoms with Gasteiger partial charge in [-0.1, -0.05) is 20.8 Å². The minimum Gasteiger partial charge on any atom is -0.351 e. The van der Waals surface area contributed by atoms with Gasteiger partial charge >= 0.3 is 0 Å². The van der Waals surface area contributed by atoms with Crippen molar-refractivity contribution in [3.63, 3.8) is 0 Å². The normalized spacial score (nSPS) is 28.8. The Labute approximate surface area is 104 Å². The SMILES string of the molecule is CC1(C)Cc2c(ccn2CC2(C)CC2)C(N)C1.